The van der Waals surface area contributed by atoms with Gasteiger partial charge >= 0.3 is 0 Å². The van der Waals surface area contributed by atoms with E-state index in [-0.39, 0.29) is 17.8 Å². The van der Waals surface area contributed by atoms with E-state index >= 15 is 0 Å². The Morgan fingerprint density at radius 3 is 2.43 bits per heavy atom. The number of amides is 1. The van der Waals surface area contributed by atoms with Crippen LogP contribution in [-0.4, -0.2) is 25.2 Å². The quantitative estimate of drug-likeness (QED) is 0.579. The zero-order valence-electron chi connectivity index (χ0n) is 15.2. The molecule has 4 rings (SSSR count). The Kier molecular flexibility index (Phi) is 4.72. The van der Waals surface area contributed by atoms with Crippen molar-refractivity contribution in [3.63, 3.8) is 0 Å². The first-order chi connectivity index (χ1) is 13.6. The molecule has 140 valence electrons. The van der Waals surface area contributed by atoms with E-state index in [1.807, 2.05) is 48.1 Å². The van der Waals surface area contributed by atoms with Crippen molar-refractivity contribution in [1.82, 2.24) is 24.6 Å². The van der Waals surface area contributed by atoms with E-state index < -0.39 is 0 Å². The van der Waals surface area contributed by atoms with Crippen LogP contribution in [0.4, 0.5) is 4.39 Å². The molecule has 0 saturated heterocycles. The standard InChI is InChI=1S/C21H18FN5O/c1-15(16-8-10-23-11-9-16)25-20(28)19-14-24-27(18-6-4-17(22)5-7-18)21(19)26-12-2-3-13-26/h2-15H,1H3,(H,25,28). The van der Waals surface area contributed by atoms with E-state index in [9.17, 15) is 9.18 Å². The first-order valence-electron chi connectivity index (χ1n) is 8.81. The number of nitrogens with zero attached hydrogens (tertiary/aromatic N) is 4. The summed E-state index contributed by atoms with van der Waals surface area (Å²) in [7, 11) is 0. The van der Waals surface area contributed by atoms with Crippen molar-refractivity contribution in [3.8, 4) is 11.5 Å². The lowest BCUT2D eigenvalue weighted by Crippen LogP contribution is -2.27. The molecule has 1 N–H and O–H groups in total. The van der Waals surface area contributed by atoms with Crippen molar-refractivity contribution < 1.29 is 9.18 Å². The number of hydrogen-bond donors (Lipinski definition) is 1. The first kappa shape index (κ1) is 17.7. The van der Waals surface area contributed by atoms with Crippen LogP contribution in [0, 0.1) is 5.82 Å². The highest BCUT2D eigenvalue weighted by Crippen LogP contribution is 2.21. The summed E-state index contributed by atoms with van der Waals surface area (Å²) in [6.45, 7) is 1.91. The summed E-state index contributed by atoms with van der Waals surface area (Å²) in [4.78, 5) is 17.0. The average Bonchev–Trinajstić information content (AvgIpc) is 3.38. The fourth-order valence-corrected chi connectivity index (χ4v) is 3.01. The van der Waals surface area contributed by atoms with E-state index in [0.717, 1.165) is 5.56 Å². The van der Waals surface area contributed by atoms with Gasteiger partial charge in [-0.25, -0.2) is 9.07 Å². The maximum absolute atomic E-state index is 13.3. The minimum absolute atomic E-state index is 0.192. The number of benzene rings is 1. The number of carbonyl (C=O) groups excluding carboxylic acids is 1. The summed E-state index contributed by atoms with van der Waals surface area (Å²) in [6.07, 6.45) is 8.57. The molecule has 0 aliphatic carbocycles. The predicted octanol–water partition coefficient (Wildman–Crippen LogP) is 3.69. The van der Waals surface area contributed by atoms with Crippen molar-refractivity contribution in [3.05, 3.63) is 96.5 Å². The number of halogens is 1. The SMILES string of the molecule is CC(NC(=O)c1cnn(-c2ccc(F)cc2)c1-n1cccc1)c1ccncc1. The van der Waals surface area contributed by atoms with Gasteiger partial charge in [0.25, 0.3) is 5.91 Å². The molecule has 0 spiro atoms. The van der Waals surface area contributed by atoms with Crippen LogP contribution in [0.3, 0.4) is 0 Å². The highest BCUT2D eigenvalue weighted by atomic mass is 19.1. The molecule has 1 atom stereocenters. The Bertz CT molecular complexity index is 1070. The van der Waals surface area contributed by atoms with Crippen molar-refractivity contribution in [2.24, 2.45) is 0 Å². The zero-order valence-corrected chi connectivity index (χ0v) is 15.2. The van der Waals surface area contributed by atoms with Crippen molar-refractivity contribution in [1.29, 1.82) is 0 Å². The van der Waals surface area contributed by atoms with Gasteiger partial charge in [-0.1, -0.05) is 0 Å². The Morgan fingerprint density at radius 2 is 1.75 bits per heavy atom. The highest BCUT2D eigenvalue weighted by Gasteiger charge is 2.21. The second-order valence-electron chi connectivity index (χ2n) is 6.34. The molecule has 1 amide bonds. The van der Waals surface area contributed by atoms with Crippen LogP contribution in [0.25, 0.3) is 11.5 Å². The second-order valence-corrected chi connectivity index (χ2v) is 6.34. The molecule has 0 aliphatic heterocycles. The van der Waals surface area contributed by atoms with Gasteiger partial charge in [0, 0.05) is 24.8 Å². The molecule has 3 heterocycles. The van der Waals surface area contributed by atoms with E-state index in [1.54, 1.807) is 29.2 Å². The van der Waals surface area contributed by atoms with Gasteiger partial charge in [0.05, 0.1) is 17.9 Å². The highest BCUT2D eigenvalue weighted by molar-refractivity contribution is 5.97. The molecule has 0 saturated carbocycles. The minimum atomic E-state index is -0.331. The summed E-state index contributed by atoms with van der Waals surface area (Å²) in [5.41, 5.74) is 2.03. The Morgan fingerprint density at radius 1 is 1.07 bits per heavy atom. The predicted molar refractivity (Wildman–Crippen MR) is 103 cm³/mol. The summed E-state index contributed by atoms with van der Waals surface area (Å²) in [5.74, 6) is -0.0000251. The first-order valence-corrected chi connectivity index (χ1v) is 8.81. The minimum Gasteiger partial charge on any atom is -0.345 e. The van der Waals surface area contributed by atoms with Crippen LogP contribution in [0.15, 0.2) is 79.5 Å². The molecule has 1 aromatic carbocycles. The Balaban J connectivity index is 1.71. The maximum atomic E-state index is 13.3. The van der Waals surface area contributed by atoms with Crippen LogP contribution in [0.5, 0.6) is 0 Å². The average molecular weight is 375 g/mol. The molecule has 3 aromatic heterocycles. The van der Waals surface area contributed by atoms with Crippen LogP contribution in [-0.2, 0) is 0 Å². The lowest BCUT2D eigenvalue weighted by Gasteiger charge is -2.15. The molecule has 1 unspecified atom stereocenters. The Labute approximate surface area is 161 Å². The van der Waals surface area contributed by atoms with Crippen molar-refractivity contribution in [2.45, 2.75) is 13.0 Å². The fourth-order valence-electron chi connectivity index (χ4n) is 3.01. The molecule has 0 fully saturated rings. The molecular weight excluding hydrogens is 357 g/mol. The van der Waals surface area contributed by atoms with Crippen LogP contribution in [0.2, 0.25) is 0 Å². The number of hydrogen-bond acceptors (Lipinski definition) is 3. The number of nitrogens with one attached hydrogen (secondary N) is 1. The molecule has 0 bridgehead atoms. The van der Waals surface area contributed by atoms with Gasteiger partial charge in [-0.05, 0) is 61.0 Å². The molecule has 6 nitrogen and oxygen atoms in total. The number of aromatic nitrogens is 4. The van der Waals surface area contributed by atoms with Crippen LogP contribution < -0.4 is 5.32 Å². The van der Waals surface area contributed by atoms with Gasteiger partial charge in [-0.3, -0.25) is 9.78 Å². The third kappa shape index (κ3) is 3.42. The monoisotopic (exact) mass is 375 g/mol. The normalized spacial score (nSPS) is 11.9. The largest absolute Gasteiger partial charge is 0.345 e. The molecule has 7 heteroatoms. The summed E-state index contributed by atoms with van der Waals surface area (Å²) < 4.78 is 16.7. The smallest absolute Gasteiger partial charge is 0.257 e. The molecule has 0 aliphatic rings. The van der Waals surface area contributed by atoms with Gasteiger partial charge in [-0.15, -0.1) is 0 Å². The van der Waals surface area contributed by atoms with Gasteiger partial charge in [0.1, 0.15) is 11.4 Å². The topological polar surface area (TPSA) is 64.7 Å². The fraction of sp³-hybridized carbons (Fsp3) is 0.0952. The van der Waals surface area contributed by atoms with Gasteiger partial charge in [-0.2, -0.15) is 5.10 Å². The maximum Gasteiger partial charge on any atom is 0.257 e. The van der Waals surface area contributed by atoms with Crippen LogP contribution >= 0.6 is 0 Å². The van der Waals surface area contributed by atoms with Gasteiger partial charge in [0.15, 0.2) is 5.82 Å². The van der Waals surface area contributed by atoms with Gasteiger partial charge < -0.3 is 9.88 Å². The van der Waals surface area contributed by atoms with E-state index in [0.29, 0.717) is 17.1 Å². The van der Waals surface area contributed by atoms with Crippen molar-refractivity contribution >= 4 is 5.91 Å². The zero-order chi connectivity index (χ0) is 19.5. The second kappa shape index (κ2) is 7.48. The van der Waals surface area contributed by atoms with E-state index in [2.05, 4.69) is 15.4 Å². The van der Waals surface area contributed by atoms with E-state index in [4.69, 9.17) is 0 Å². The lowest BCUT2D eigenvalue weighted by molar-refractivity contribution is 0.0940. The molecule has 0 radical (unpaired) electrons. The van der Waals surface area contributed by atoms with E-state index in [1.165, 1.54) is 18.3 Å². The molecule has 28 heavy (non-hydrogen) atoms. The number of pyridine rings is 1. The summed E-state index contributed by atoms with van der Waals surface area (Å²) in [5, 5.41) is 7.37. The Hall–Kier alpha value is -3.74. The summed E-state index contributed by atoms with van der Waals surface area (Å²) >= 11 is 0. The van der Waals surface area contributed by atoms with Crippen molar-refractivity contribution in [2.75, 3.05) is 0 Å². The molecular formula is C21H18FN5O. The summed E-state index contributed by atoms with van der Waals surface area (Å²) in [6, 6.07) is 13.2. The lowest BCUT2D eigenvalue weighted by atomic mass is 10.1. The van der Waals surface area contributed by atoms with Crippen LogP contribution in [0.1, 0.15) is 28.9 Å². The molecule has 4 aromatic rings. The third-order valence-corrected chi connectivity index (χ3v) is 4.46. The number of carbonyl (C=O) groups is 1. The van der Waals surface area contributed by atoms with Gasteiger partial charge in [0.2, 0.25) is 0 Å². The third-order valence-electron chi connectivity index (χ3n) is 4.46. The number of rotatable bonds is 5.